The first-order valence-electron chi connectivity index (χ1n) is 3.94. The van der Waals surface area contributed by atoms with Crippen molar-refractivity contribution in [3.05, 3.63) is 0 Å². The number of hydrogen-bond acceptors (Lipinski definition) is 2. The van der Waals surface area contributed by atoms with Crippen LogP contribution in [0.3, 0.4) is 0 Å². The Labute approximate surface area is 71.1 Å². The minimum atomic E-state index is -0.414. The van der Waals surface area contributed by atoms with Crippen LogP contribution in [0.25, 0.3) is 0 Å². The van der Waals surface area contributed by atoms with Crippen LogP contribution < -0.4 is 5.32 Å². The molecule has 12 heavy (non-hydrogen) atoms. The Hall–Kier alpha value is -1.19. The molecule has 0 saturated carbocycles. The molecular formula is C8H12N2O2. The number of amides is 2. The van der Waals surface area contributed by atoms with Gasteiger partial charge >= 0.3 is 0 Å². The Kier molecular flexibility index (Phi) is 2.58. The van der Waals surface area contributed by atoms with Crippen molar-refractivity contribution in [1.29, 1.82) is 0 Å². The summed E-state index contributed by atoms with van der Waals surface area (Å²) in [5.74, 6) is -0.166. The van der Waals surface area contributed by atoms with Crippen LogP contribution in [-0.2, 0) is 9.59 Å². The summed E-state index contributed by atoms with van der Waals surface area (Å²) in [6, 6.07) is -0.414. The summed E-state index contributed by atoms with van der Waals surface area (Å²) in [6.07, 6.45) is 2.28. The van der Waals surface area contributed by atoms with E-state index in [1.54, 1.807) is 6.21 Å². The topological polar surface area (TPSA) is 58.5 Å². The highest BCUT2D eigenvalue weighted by Crippen LogP contribution is 2.10. The first-order valence-corrected chi connectivity index (χ1v) is 3.94. The quantitative estimate of drug-likeness (QED) is 0.605. The van der Waals surface area contributed by atoms with E-state index in [1.165, 1.54) is 6.92 Å². The molecule has 0 aromatic heterocycles. The average molecular weight is 168 g/mol. The zero-order valence-corrected chi connectivity index (χ0v) is 7.20. The van der Waals surface area contributed by atoms with E-state index in [-0.39, 0.29) is 17.7 Å². The van der Waals surface area contributed by atoms with Crippen LogP contribution in [0.1, 0.15) is 20.3 Å². The Bertz CT molecular complexity index is 235. The van der Waals surface area contributed by atoms with Crippen molar-refractivity contribution in [3.63, 3.8) is 0 Å². The molecule has 0 bridgehead atoms. The van der Waals surface area contributed by atoms with Crippen LogP contribution in [0.15, 0.2) is 4.99 Å². The largest absolute Gasteiger partial charge is 0.344 e. The fraction of sp³-hybridized carbons (Fsp3) is 0.625. The van der Waals surface area contributed by atoms with Gasteiger partial charge in [-0.3, -0.25) is 9.59 Å². The van der Waals surface area contributed by atoms with Crippen LogP contribution >= 0.6 is 0 Å². The molecule has 0 aliphatic carbocycles. The average Bonchev–Trinajstić information content (AvgIpc) is 1.96. The first-order chi connectivity index (χ1) is 5.59. The molecular weight excluding hydrogens is 156 g/mol. The summed E-state index contributed by atoms with van der Waals surface area (Å²) in [7, 11) is 0. The van der Waals surface area contributed by atoms with Gasteiger partial charge in [-0.1, -0.05) is 6.92 Å². The minimum Gasteiger partial charge on any atom is -0.344 e. The smallest absolute Gasteiger partial charge is 0.267 e. The molecule has 1 aliphatic heterocycles. The monoisotopic (exact) mass is 168 g/mol. The predicted molar refractivity (Wildman–Crippen MR) is 44.9 cm³/mol. The summed E-state index contributed by atoms with van der Waals surface area (Å²) in [5.41, 5.74) is 0. The highest BCUT2D eigenvalue weighted by molar-refractivity contribution is 5.94. The summed E-state index contributed by atoms with van der Waals surface area (Å²) in [4.78, 5) is 25.4. The molecule has 0 unspecified atom stereocenters. The number of nitrogens with one attached hydrogen (secondary N) is 1. The molecule has 66 valence electrons. The van der Waals surface area contributed by atoms with Gasteiger partial charge in [-0.15, -0.1) is 0 Å². The molecule has 0 aromatic carbocycles. The fourth-order valence-corrected chi connectivity index (χ4v) is 1.19. The summed E-state index contributed by atoms with van der Waals surface area (Å²) in [6.45, 7) is 3.36. The maximum atomic E-state index is 11.1. The van der Waals surface area contributed by atoms with Crippen molar-refractivity contribution in [3.8, 4) is 0 Å². The molecule has 1 aliphatic rings. The van der Waals surface area contributed by atoms with Crippen molar-refractivity contribution in [2.45, 2.75) is 26.3 Å². The minimum absolute atomic E-state index is 0.183. The number of aliphatic imine (C=N–C) groups is 1. The number of nitrogens with zero attached hydrogens (tertiary/aromatic N) is 1. The second kappa shape index (κ2) is 3.47. The van der Waals surface area contributed by atoms with Gasteiger partial charge in [-0.2, -0.15) is 0 Å². The van der Waals surface area contributed by atoms with Gasteiger partial charge in [0.2, 0.25) is 5.91 Å². The third-order valence-electron chi connectivity index (χ3n) is 1.74. The number of carbonyl (C=O) groups is 2. The number of rotatable bonds is 1. The molecule has 4 nitrogen and oxygen atoms in total. The number of hydrogen-bond donors (Lipinski definition) is 1. The van der Waals surface area contributed by atoms with E-state index in [1.807, 2.05) is 6.92 Å². The van der Waals surface area contributed by atoms with Gasteiger partial charge in [0, 0.05) is 13.1 Å². The van der Waals surface area contributed by atoms with E-state index in [0.717, 1.165) is 0 Å². The molecule has 0 aromatic rings. The van der Waals surface area contributed by atoms with E-state index in [2.05, 4.69) is 10.3 Å². The Balaban J connectivity index is 2.60. The lowest BCUT2D eigenvalue weighted by Gasteiger charge is -2.20. The molecule has 0 radical (unpaired) electrons. The Morgan fingerprint density at radius 1 is 1.75 bits per heavy atom. The van der Waals surface area contributed by atoms with Gasteiger partial charge in [0.1, 0.15) is 6.04 Å². The lowest BCUT2D eigenvalue weighted by Crippen LogP contribution is -2.42. The Morgan fingerprint density at radius 3 is 3.00 bits per heavy atom. The summed E-state index contributed by atoms with van der Waals surface area (Å²) >= 11 is 0. The molecule has 1 N–H and O–H groups in total. The highest BCUT2D eigenvalue weighted by atomic mass is 16.2. The van der Waals surface area contributed by atoms with Crippen LogP contribution in [0.5, 0.6) is 0 Å². The predicted octanol–water partition coefficient (Wildman–Crippen LogP) is 0.128. The molecule has 0 saturated heterocycles. The third kappa shape index (κ3) is 2.15. The van der Waals surface area contributed by atoms with Gasteiger partial charge < -0.3 is 5.32 Å². The van der Waals surface area contributed by atoms with Gasteiger partial charge in [0.15, 0.2) is 0 Å². The highest BCUT2D eigenvalue weighted by Gasteiger charge is 2.23. The normalized spacial score (nSPS) is 28.7. The fourth-order valence-electron chi connectivity index (χ4n) is 1.19. The SMILES string of the molecule is CC(=O)N[C@H]1C[C@H](C)C=NC1=O. The zero-order valence-electron chi connectivity index (χ0n) is 7.20. The van der Waals surface area contributed by atoms with Gasteiger partial charge in [0.05, 0.1) is 0 Å². The lowest BCUT2D eigenvalue weighted by molar-refractivity contribution is -0.126. The van der Waals surface area contributed by atoms with E-state index < -0.39 is 6.04 Å². The van der Waals surface area contributed by atoms with Crippen LogP contribution in [-0.4, -0.2) is 24.1 Å². The summed E-state index contributed by atoms with van der Waals surface area (Å²) in [5, 5.41) is 2.56. The van der Waals surface area contributed by atoms with Crippen molar-refractivity contribution >= 4 is 18.0 Å². The Morgan fingerprint density at radius 2 is 2.42 bits per heavy atom. The van der Waals surface area contributed by atoms with Crippen LogP contribution in [0.4, 0.5) is 0 Å². The lowest BCUT2D eigenvalue weighted by atomic mass is 10.00. The maximum Gasteiger partial charge on any atom is 0.267 e. The van der Waals surface area contributed by atoms with Crippen molar-refractivity contribution in [1.82, 2.24) is 5.32 Å². The molecule has 4 heteroatoms. The molecule has 2 amide bonds. The third-order valence-corrected chi connectivity index (χ3v) is 1.74. The molecule has 1 heterocycles. The van der Waals surface area contributed by atoms with Crippen molar-refractivity contribution in [2.75, 3.05) is 0 Å². The molecule has 0 fully saturated rings. The van der Waals surface area contributed by atoms with E-state index in [4.69, 9.17) is 0 Å². The molecule has 1 rings (SSSR count). The zero-order chi connectivity index (χ0) is 9.14. The first kappa shape index (κ1) is 8.90. The van der Waals surface area contributed by atoms with Crippen LogP contribution in [0, 0.1) is 5.92 Å². The second-order valence-electron chi connectivity index (χ2n) is 3.08. The molecule has 2 atom stereocenters. The standard InChI is InChI=1S/C8H12N2O2/c1-5-3-7(10-6(2)11)8(12)9-4-5/h4-5,7H,3H2,1-2H3,(H,10,11)/t5-,7-/m0/s1. The van der Waals surface area contributed by atoms with E-state index >= 15 is 0 Å². The van der Waals surface area contributed by atoms with E-state index in [9.17, 15) is 9.59 Å². The van der Waals surface area contributed by atoms with Gasteiger partial charge in [-0.05, 0) is 12.3 Å². The van der Waals surface area contributed by atoms with Crippen LogP contribution in [0.2, 0.25) is 0 Å². The number of carbonyl (C=O) groups excluding carboxylic acids is 2. The van der Waals surface area contributed by atoms with Gasteiger partial charge in [-0.25, -0.2) is 4.99 Å². The van der Waals surface area contributed by atoms with Gasteiger partial charge in [0.25, 0.3) is 5.91 Å². The van der Waals surface area contributed by atoms with Crippen molar-refractivity contribution in [2.24, 2.45) is 10.9 Å². The maximum absolute atomic E-state index is 11.1. The second-order valence-corrected chi connectivity index (χ2v) is 3.08. The van der Waals surface area contributed by atoms with Crippen molar-refractivity contribution < 1.29 is 9.59 Å². The molecule has 0 spiro atoms. The summed E-state index contributed by atoms with van der Waals surface area (Å²) < 4.78 is 0. The van der Waals surface area contributed by atoms with E-state index in [0.29, 0.717) is 6.42 Å².